The first kappa shape index (κ1) is 17.9. The molecule has 5 heteroatoms. The molecule has 0 saturated carbocycles. The van der Waals surface area contributed by atoms with E-state index in [1.807, 2.05) is 29.2 Å². The fourth-order valence-corrected chi connectivity index (χ4v) is 3.84. The monoisotopic (exact) mass is 343 g/mol. The van der Waals surface area contributed by atoms with E-state index in [2.05, 4.69) is 17.3 Å². The number of amides is 2. The van der Waals surface area contributed by atoms with E-state index >= 15 is 0 Å². The first-order chi connectivity index (χ1) is 12.1. The lowest BCUT2D eigenvalue weighted by Gasteiger charge is -2.29. The third-order valence-electron chi connectivity index (χ3n) is 5.30. The van der Waals surface area contributed by atoms with E-state index in [-0.39, 0.29) is 17.7 Å². The Kier molecular flexibility index (Phi) is 6.08. The van der Waals surface area contributed by atoms with Crippen LogP contribution in [0.1, 0.15) is 48.9 Å². The molecule has 3 rings (SSSR count). The first-order valence-corrected chi connectivity index (χ1v) is 9.53. The van der Waals surface area contributed by atoms with Crippen LogP contribution in [0.4, 0.5) is 5.69 Å². The zero-order valence-corrected chi connectivity index (χ0v) is 15.2. The number of hydrogen-bond acceptors (Lipinski definition) is 3. The molecular weight excluding hydrogens is 314 g/mol. The van der Waals surface area contributed by atoms with Gasteiger partial charge in [0.05, 0.1) is 17.2 Å². The number of carbonyl (C=O) groups is 2. The smallest absolute Gasteiger partial charge is 0.255 e. The SMILES string of the molecule is CN1CCCC(C(=O)Nc2ccccc2C(=O)N2CCCCCC2)C1. The molecule has 1 unspecified atom stereocenters. The molecule has 1 N–H and O–H groups in total. The Bertz CT molecular complexity index is 609. The molecule has 136 valence electrons. The van der Waals surface area contributed by atoms with E-state index in [0.717, 1.165) is 51.9 Å². The highest BCUT2D eigenvalue weighted by Gasteiger charge is 2.26. The molecule has 1 aromatic carbocycles. The molecule has 1 aromatic rings. The van der Waals surface area contributed by atoms with Crippen LogP contribution in [0.15, 0.2) is 24.3 Å². The van der Waals surface area contributed by atoms with Gasteiger partial charge in [-0.05, 0) is 51.4 Å². The molecule has 2 heterocycles. The van der Waals surface area contributed by atoms with Crippen molar-refractivity contribution in [3.05, 3.63) is 29.8 Å². The minimum Gasteiger partial charge on any atom is -0.339 e. The van der Waals surface area contributed by atoms with Crippen molar-refractivity contribution in [3.63, 3.8) is 0 Å². The summed E-state index contributed by atoms with van der Waals surface area (Å²) in [4.78, 5) is 29.7. The molecule has 1 atom stereocenters. The van der Waals surface area contributed by atoms with Crippen LogP contribution in [0.2, 0.25) is 0 Å². The number of piperidine rings is 1. The molecule has 2 aliphatic rings. The number of benzene rings is 1. The Morgan fingerprint density at radius 3 is 2.44 bits per heavy atom. The van der Waals surface area contributed by atoms with E-state index < -0.39 is 0 Å². The van der Waals surface area contributed by atoms with Crippen molar-refractivity contribution in [1.29, 1.82) is 0 Å². The molecule has 2 saturated heterocycles. The van der Waals surface area contributed by atoms with Crippen LogP contribution in [0.5, 0.6) is 0 Å². The molecule has 2 aliphatic heterocycles. The van der Waals surface area contributed by atoms with E-state index in [9.17, 15) is 9.59 Å². The molecule has 0 radical (unpaired) electrons. The van der Waals surface area contributed by atoms with Gasteiger partial charge in [-0.3, -0.25) is 9.59 Å². The first-order valence-electron chi connectivity index (χ1n) is 9.53. The van der Waals surface area contributed by atoms with Crippen LogP contribution in [-0.2, 0) is 4.79 Å². The van der Waals surface area contributed by atoms with Gasteiger partial charge in [0.1, 0.15) is 0 Å². The summed E-state index contributed by atoms with van der Waals surface area (Å²) in [7, 11) is 2.05. The maximum atomic E-state index is 12.9. The Morgan fingerprint density at radius 1 is 1.00 bits per heavy atom. The molecule has 2 fully saturated rings. The quantitative estimate of drug-likeness (QED) is 0.918. The fourth-order valence-electron chi connectivity index (χ4n) is 3.84. The van der Waals surface area contributed by atoms with Gasteiger partial charge in [-0.15, -0.1) is 0 Å². The second-order valence-corrected chi connectivity index (χ2v) is 7.34. The van der Waals surface area contributed by atoms with Crippen LogP contribution < -0.4 is 5.32 Å². The second kappa shape index (κ2) is 8.48. The average molecular weight is 343 g/mol. The van der Waals surface area contributed by atoms with Gasteiger partial charge in [0.25, 0.3) is 5.91 Å². The highest BCUT2D eigenvalue weighted by atomic mass is 16.2. The zero-order chi connectivity index (χ0) is 17.6. The van der Waals surface area contributed by atoms with Gasteiger partial charge < -0.3 is 15.1 Å². The summed E-state index contributed by atoms with van der Waals surface area (Å²) >= 11 is 0. The summed E-state index contributed by atoms with van der Waals surface area (Å²) in [6.07, 6.45) is 6.47. The van der Waals surface area contributed by atoms with Crippen LogP contribution >= 0.6 is 0 Å². The predicted octanol–water partition coefficient (Wildman–Crippen LogP) is 2.98. The standard InChI is InChI=1S/C20H29N3O2/c1-22-12-8-9-16(15-22)19(24)21-18-11-5-4-10-17(18)20(25)23-13-6-2-3-7-14-23/h4-5,10-11,16H,2-3,6-9,12-15H2,1H3,(H,21,24). The van der Waals surface area contributed by atoms with Crippen molar-refractivity contribution in [2.24, 2.45) is 5.92 Å². The van der Waals surface area contributed by atoms with Crippen LogP contribution in [0.3, 0.4) is 0 Å². The van der Waals surface area contributed by atoms with Gasteiger partial charge in [-0.25, -0.2) is 0 Å². The summed E-state index contributed by atoms with van der Waals surface area (Å²) in [6, 6.07) is 7.42. The minimum absolute atomic E-state index is 0.0000878. The van der Waals surface area contributed by atoms with Crippen molar-refractivity contribution in [3.8, 4) is 0 Å². The van der Waals surface area contributed by atoms with Gasteiger partial charge in [-0.1, -0.05) is 25.0 Å². The summed E-state index contributed by atoms with van der Waals surface area (Å²) in [5.41, 5.74) is 1.26. The number of nitrogens with one attached hydrogen (secondary N) is 1. The summed E-state index contributed by atoms with van der Waals surface area (Å²) < 4.78 is 0. The number of para-hydroxylation sites is 1. The largest absolute Gasteiger partial charge is 0.339 e. The second-order valence-electron chi connectivity index (χ2n) is 7.34. The van der Waals surface area contributed by atoms with E-state index in [1.165, 1.54) is 12.8 Å². The normalized spacial score (nSPS) is 22.3. The lowest BCUT2D eigenvalue weighted by molar-refractivity contribution is -0.121. The number of likely N-dealkylation sites (tertiary alicyclic amines) is 2. The minimum atomic E-state index is 0.0000878. The van der Waals surface area contributed by atoms with Crippen molar-refractivity contribution >= 4 is 17.5 Å². The topological polar surface area (TPSA) is 52.7 Å². The van der Waals surface area contributed by atoms with Crippen LogP contribution in [-0.4, -0.2) is 54.8 Å². The van der Waals surface area contributed by atoms with Crippen molar-refractivity contribution < 1.29 is 9.59 Å². The maximum absolute atomic E-state index is 12.9. The van der Waals surface area contributed by atoms with E-state index in [4.69, 9.17) is 0 Å². The van der Waals surface area contributed by atoms with Crippen LogP contribution in [0.25, 0.3) is 0 Å². The number of rotatable bonds is 3. The molecule has 0 aliphatic carbocycles. The van der Waals surface area contributed by atoms with Crippen molar-refractivity contribution in [2.75, 3.05) is 38.5 Å². The summed E-state index contributed by atoms with van der Waals surface area (Å²) in [5, 5.41) is 3.02. The van der Waals surface area contributed by atoms with E-state index in [1.54, 1.807) is 0 Å². The molecule has 0 bridgehead atoms. The summed E-state index contributed by atoms with van der Waals surface area (Å²) in [5.74, 6) is 0.0707. The lowest BCUT2D eigenvalue weighted by atomic mass is 9.97. The molecule has 25 heavy (non-hydrogen) atoms. The Labute approximate surface area is 150 Å². The van der Waals surface area contributed by atoms with Crippen molar-refractivity contribution in [2.45, 2.75) is 38.5 Å². The number of nitrogens with zero attached hydrogens (tertiary/aromatic N) is 2. The predicted molar refractivity (Wildman–Crippen MR) is 99.7 cm³/mol. The highest BCUT2D eigenvalue weighted by molar-refractivity contribution is 6.04. The fraction of sp³-hybridized carbons (Fsp3) is 0.600. The molecular formula is C20H29N3O2. The average Bonchev–Trinajstić information content (AvgIpc) is 2.91. The van der Waals surface area contributed by atoms with Gasteiger partial charge in [0.2, 0.25) is 5.91 Å². The third kappa shape index (κ3) is 4.60. The third-order valence-corrected chi connectivity index (χ3v) is 5.30. The number of hydrogen-bond donors (Lipinski definition) is 1. The van der Waals surface area contributed by atoms with Crippen molar-refractivity contribution in [1.82, 2.24) is 9.80 Å². The van der Waals surface area contributed by atoms with Gasteiger partial charge >= 0.3 is 0 Å². The Hall–Kier alpha value is -1.88. The van der Waals surface area contributed by atoms with Gasteiger partial charge in [0.15, 0.2) is 0 Å². The number of carbonyl (C=O) groups excluding carboxylic acids is 2. The molecule has 0 spiro atoms. The summed E-state index contributed by atoms with van der Waals surface area (Å²) in [6.45, 7) is 3.46. The number of anilines is 1. The molecule has 0 aromatic heterocycles. The highest BCUT2D eigenvalue weighted by Crippen LogP contribution is 2.22. The van der Waals surface area contributed by atoms with E-state index in [0.29, 0.717) is 11.3 Å². The Morgan fingerprint density at radius 2 is 1.72 bits per heavy atom. The molecule has 2 amide bonds. The maximum Gasteiger partial charge on any atom is 0.255 e. The Balaban J connectivity index is 1.71. The van der Waals surface area contributed by atoms with Gasteiger partial charge in [-0.2, -0.15) is 0 Å². The lowest BCUT2D eigenvalue weighted by Crippen LogP contribution is -2.39. The zero-order valence-electron chi connectivity index (χ0n) is 15.2. The molecule has 5 nitrogen and oxygen atoms in total. The van der Waals surface area contributed by atoms with Crippen LogP contribution in [0, 0.1) is 5.92 Å². The van der Waals surface area contributed by atoms with Gasteiger partial charge in [0, 0.05) is 19.6 Å².